The van der Waals surface area contributed by atoms with Crippen LogP contribution in [0.2, 0.25) is 0 Å². The number of benzene rings is 1. The first-order chi connectivity index (χ1) is 7.99. The van der Waals surface area contributed by atoms with Gasteiger partial charge in [-0.05, 0) is 35.8 Å². The van der Waals surface area contributed by atoms with Crippen LogP contribution in [-0.2, 0) is 21.0 Å². The highest BCUT2D eigenvalue weighted by Crippen LogP contribution is 2.30. The van der Waals surface area contributed by atoms with Gasteiger partial charge in [-0.1, -0.05) is 6.92 Å². The Kier molecular flexibility index (Phi) is 2.79. The Morgan fingerprint density at radius 1 is 1.35 bits per heavy atom. The van der Waals surface area contributed by atoms with Gasteiger partial charge in [0.05, 0.1) is 17.6 Å². The van der Waals surface area contributed by atoms with E-state index in [0.29, 0.717) is 17.5 Å². The first-order valence-corrected chi connectivity index (χ1v) is 6.72. The van der Waals surface area contributed by atoms with E-state index in [1.54, 1.807) is 12.1 Å². The molecule has 17 heavy (non-hydrogen) atoms. The summed E-state index contributed by atoms with van der Waals surface area (Å²) in [5.41, 5.74) is 1.74. The van der Waals surface area contributed by atoms with E-state index in [1.807, 2.05) is 6.92 Å². The highest BCUT2D eigenvalue weighted by atomic mass is 32.2. The Bertz CT molecular complexity index is 612. The molecule has 4 nitrogen and oxygen atoms in total. The number of esters is 1. The molecule has 0 bridgehead atoms. The molecule has 5 heteroatoms. The molecule has 0 unspecified atom stereocenters. The van der Waals surface area contributed by atoms with E-state index >= 15 is 0 Å². The van der Waals surface area contributed by atoms with Crippen LogP contribution in [0.15, 0.2) is 22.4 Å². The summed E-state index contributed by atoms with van der Waals surface area (Å²) in [5, 5.41) is 1.15. The number of hydrogen-bond donors (Lipinski definition) is 0. The Morgan fingerprint density at radius 2 is 2.06 bits per heavy atom. The standard InChI is InChI=1S/C12H12O4S/c1-3-8-6-9-4-5-17(14,15)11(9)7-10(8)12(13)16-2/h4-7H,3H2,1-2H3. The van der Waals surface area contributed by atoms with E-state index in [2.05, 4.69) is 4.74 Å². The van der Waals surface area contributed by atoms with Crippen molar-refractivity contribution in [3.63, 3.8) is 0 Å². The average Bonchev–Trinajstić information content (AvgIpc) is 2.62. The maximum atomic E-state index is 11.7. The van der Waals surface area contributed by atoms with Gasteiger partial charge in [-0.25, -0.2) is 13.2 Å². The molecule has 0 saturated heterocycles. The van der Waals surface area contributed by atoms with Crippen molar-refractivity contribution in [3.05, 3.63) is 34.2 Å². The highest BCUT2D eigenvalue weighted by Gasteiger charge is 2.24. The average molecular weight is 252 g/mol. The van der Waals surface area contributed by atoms with Crippen LogP contribution < -0.4 is 0 Å². The summed E-state index contributed by atoms with van der Waals surface area (Å²) >= 11 is 0. The van der Waals surface area contributed by atoms with Crippen LogP contribution in [0.25, 0.3) is 6.08 Å². The molecular weight excluding hydrogens is 240 g/mol. The molecule has 0 saturated carbocycles. The second kappa shape index (κ2) is 4.00. The number of carbonyl (C=O) groups is 1. The van der Waals surface area contributed by atoms with Crippen LogP contribution in [0.5, 0.6) is 0 Å². The van der Waals surface area contributed by atoms with Crippen LogP contribution in [-0.4, -0.2) is 21.5 Å². The van der Waals surface area contributed by atoms with Gasteiger partial charge < -0.3 is 4.74 Å². The van der Waals surface area contributed by atoms with Crippen molar-refractivity contribution >= 4 is 21.9 Å². The van der Waals surface area contributed by atoms with Crippen LogP contribution in [0.4, 0.5) is 0 Å². The van der Waals surface area contributed by atoms with Gasteiger partial charge in [-0.15, -0.1) is 0 Å². The number of rotatable bonds is 2. The Labute approximate surface area is 99.8 Å². The molecule has 0 fully saturated rings. The lowest BCUT2D eigenvalue weighted by Gasteiger charge is -2.08. The Balaban J connectivity index is 2.69. The molecule has 1 aliphatic rings. The summed E-state index contributed by atoms with van der Waals surface area (Å²) in [6, 6.07) is 3.12. The molecule has 1 heterocycles. The monoisotopic (exact) mass is 252 g/mol. The lowest BCUT2D eigenvalue weighted by molar-refractivity contribution is 0.0599. The molecule has 0 atom stereocenters. The fraction of sp³-hybridized carbons (Fsp3) is 0.250. The molecular formula is C12H12O4S. The van der Waals surface area contributed by atoms with Gasteiger partial charge >= 0.3 is 5.97 Å². The first kappa shape index (κ1) is 11.9. The Morgan fingerprint density at radius 3 is 2.65 bits per heavy atom. The summed E-state index contributed by atoms with van der Waals surface area (Å²) in [4.78, 5) is 11.7. The molecule has 0 aromatic heterocycles. The van der Waals surface area contributed by atoms with E-state index in [-0.39, 0.29) is 4.90 Å². The second-order valence-corrected chi connectivity index (χ2v) is 5.54. The number of fused-ring (bicyclic) bond motifs is 1. The minimum atomic E-state index is -3.38. The van der Waals surface area contributed by atoms with Crippen molar-refractivity contribution in [3.8, 4) is 0 Å². The summed E-state index contributed by atoms with van der Waals surface area (Å²) in [6.45, 7) is 1.90. The van der Waals surface area contributed by atoms with Crippen LogP contribution in [0, 0.1) is 0 Å². The van der Waals surface area contributed by atoms with E-state index < -0.39 is 15.8 Å². The summed E-state index contributed by atoms with van der Waals surface area (Å²) in [7, 11) is -2.10. The smallest absolute Gasteiger partial charge is 0.338 e. The third-order valence-corrected chi connectivity index (χ3v) is 4.22. The Hall–Kier alpha value is -1.62. The molecule has 0 spiro atoms. The zero-order chi connectivity index (χ0) is 12.6. The van der Waals surface area contributed by atoms with Gasteiger partial charge in [-0.3, -0.25) is 0 Å². The van der Waals surface area contributed by atoms with E-state index in [0.717, 1.165) is 11.0 Å². The highest BCUT2D eigenvalue weighted by molar-refractivity contribution is 7.94. The molecule has 0 amide bonds. The number of hydrogen-bond acceptors (Lipinski definition) is 4. The van der Waals surface area contributed by atoms with Gasteiger partial charge in [0.2, 0.25) is 0 Å². The molecule has 1 aliphatic heterocycles. The number of methoxy groups -OCH3 is 1. The predicted octanol–water partition coefficient (Wildman–Crippen LogP) is 1.79. The number of aryl methyl sites for hydroxylation is 1. The zero-order valence-electron chi connectivity index (χ0n) is 9.56. The zero-order valence-corrected chi connectivity index (χ0v) is 10.4. The quantitative estimate of drug-likeness (QED) is 0.753. The van der Waals surface area contributed by atoms with Crippen molar-refractivity contribution in [1.82, 2.24) is 0 Å². The maximum absolute atomic E-state index is 11.7. The van der Waals surface area contributed by atoms with Gasteiger partial charge in [0.15, 0.2) is 9.84 Å². The van der Waals surface area contributed by atoms with Crippen molar-refractivity contribution in [2.24, 2.45) is 0 Å². The second-order valence-electron chi connectivity index (χ2n) is 3.74. The summed E-state index contributed by atoms with van der Waals surface area (Å²) in [6.07, 6.45) is 2.19. The van der Waals surface area contributed by atoms with E-state index in [9.17, 15) is 13.2 Å². The van der Waals surface area contributed by atoms with Crippen molar-refractivity contribution in [1.29, 1.82) is 0 Å². The number of sulfone groups is 1. The SMILES string of the molecule is CCc1cc2c(cc1C(=O)OC)S(=O)(=O)C=C2. The third kappa shape index (κ3) is 1.86. The van der Waals surface area contributed by atoms with Gasteiger partial charge in [0, 0.05) is 5.41 Å². The minimum absolute atomic E-state index is 0.176. The van der Waals surface area contributed by atoms with Gasteiger partial charge in [-0.2, -0.15) is 0 Å². The minimum Gasteiger partial charge on any atom is -0.465 e. The predicted molar refractivity (Wildman–Crippen MR) is 63.4 cm³/mol. The first-order valence-electron chi connectivity index (χ1n) is 5.18. The topological polar surface area (TPSA) is 60.4 Å². The molecule has 1 aromatic rings. The summed E-state index contributed by atoms with van der Waals surface area (Å²) < 4.78 is 28.0. The molecule has 90 valence electrons. The number of ether oxygens (including phenoxy) is 1. The largest absolute Gasteiger partial charge is 0.465 e. The van der Waals surface area contributed by atoms with E-state index in [1.165, 1.54) is 13.2 Å². The van der Waals surface area contributed by atoms with Gasteiger partial charge in [0.1, 0.15) is 0 Å². The molecule has 0 N–H and O–H groups in total. The number of carbonyl (C=O) groups excluding carboxylic acids is 1. The third-order valence-electron chi connectivity index (χ3n) is 2.76. The fourth-order valence-electron chi connectivity index (χ4n) is 1.85. The molecule has 0 aliphatic carbocycles. The molecule has 2 rings (SSSR count). The van der Waals surface area contributed by atoms with Crippen molar-refractivity contribution < 1.29 is 17.9 Å². The lowest BCUT2D eigenvalue weighted by Crippen LogP contribution is -2.07. The fourth-order valence-corrected chi connectivity index (χ4v) is 3.06. The van der Waals surface area contributed by atoms with Crippen LogP contribution in [0.3, 0.4) is 0 Å². The lowest BCUT2D eigenvalue weighted by atomic mass is 10.0. The van der Waals surface area contributed by atoms with E-state index in [4.69, 9.17) is 0 Å². The van der Waals surface area contributed by atoms with Crippen LogP contribution >= 0.6 is 0 Å². The normalized spacial score (nSPS) is 15.6. The summed E-state index contributed by atoms with van der Waals surface area (Å²) in [5.74, 6) is -0.508. The van der Waals surface area contributed by atoms with Gasteiger partial charge in [0.25, 0.3) is 0 Å². The molecule has 1 aromatic carbocycles. The van der Waals surface area contributed by atoms with Crippen molar-refractivity contribution in [2.45, 2.75) is 18.2 Å². The molecule has 0 radical (unpaired) electrons. The van der Waals surface area contributed by atoms with Crippen LogP contribution in [0.1, 0.15) is 28.4 Å². The maximum Gasteiger partial charge on any atom is 0.338 e. The van der Waals surface area contributed by atoms with Crippen molar-refractivity contribution in [2.75, 3.05) is 7.11 Å².